The summed E-state index contributed by atoms with van der Waals surface area (Å²) >= 11 is 0. The highest BCUT2D eigenvalue weighted by molar-refractivity contribution is 7.91. The van der Waals surface area contributed by atoms with Crippen LogP contribution in [0.5, 0.6) is 0 Å². The number of rotatable bonds is 2. The molecule has 0 bridgehead atoms. The van der Waals surface area contributed by atoms with Crippen molar-refractivity contribution in [2.24, 2.45) is 0 Å². The van der Waals surface area contributed by atoms with E-state index in [0.717, 1.165) is 5.56 Å². The second-order valence-corrected chi connectivity index (χ2v) is 6.57. The normalized spacial score (nSPS) is 11.7. The summed E-state index contributed by atoms with van der Waals surface area (Å²) in [7, 11) is -3.84. The number of aromatic amines is 1. The molecule has 0 fully saturated rings. The van der Waals surface area contributed by atoms with Gasteiger partial charge in [0.05, 0.1) is 15.8 Å². The third-order valence-corrected chi connectivity index (χ3v) is 4.77. The van der Waals surface area contributed by atoms with Crippen molar-refractivity contribution < 1.29 is 8.42 Å². The Hall–Kier alpha value is -2.47. The van der Waals surface area contributed by atoms with Crippen LogP contribution in [0.15, 0.2) is 63.4 Å². The Morgan fingerprint density at radius 3 is 2.38 bits per heavy atom. The van der Waals surface area contributed by atoms with E-state index < -0.39 is 15.4 Å². The SMILES string of the molecule is Cc1ccc(S(=O)(=O)c2nc3ccccc3c(=O)[nH]2)cc1. The quantitative estimate of drug-likeness (QED) is 0.735. The van der Waals surface area contributed by atoms with Crippen LogP contribution >= 0.6 is 0 Å². The van der Waals surface area contributed by atoms with Crippen molar-refractivity contribution in [1.82, 2.24) is 9.97 Å². The molecule has 0 saturated carbocycles. The minimum Gasteiger partial charge on any atom is -0.296 e. The summed E-state index contributed by atoms with van der Waals surface area (Å²) in [5, 5.41) is 0.0235. The number of sulfone groups is 1. The molecule has 0 saturated heterocycles. The van der Waals surface area contributed by atoms with Gasteiger partial charge < -0.3 is 0 Å². The monoisotopic (exact) mass is 300 g/mol. The fourth-order valence-corrected chi connectivity index (χ4v) is 3.18. The van der Waals surface area contributed by atoms with Crippen LogP contribution in [0.2, 0.25) is 0 Å². The van der Waals surface area contributed by atoms with Gasteiger partial charge in [-0.2, -0.15) is 0 Å². The second kappa shape index (κ2) is 4.82. The summed E-state index contributed by atoms with van der Waals surface area (Å²) in [4.78, 5) is 18.5. The molecule has 3 aromatic rings. The zero-order valence-electron chi connectivity index (χ0n) is 11.2. The van der Waals surface area contributed by atoms with Crippen molar-refractivity contribution in [1.29, 1.82) is 0 Å². The molecule has 0 radical (unpaired) electrons. The summed E-state index contributed by atoms with van der Waals surface area (Å²) < 4.78 is 25.0. The minimum atomic E-state index is -3.84. The molecule has 5 nitrogen and oxygen atoms in total. The predicted octanol–water partition coefficient (Wildman–Crippen LogP) is 2.06. The lowest BCUT2D eigenvalue weighted by Crippen LogP contribution is -2.16. The van der Waals surface area contributed by atoms with E-state index in [4.69, 9.17) is 0 Å². The standard InChI is InChI=1S/C15H12N2O3S/c1-10-6-8-11(9-7-10)21(19,20)15-16-13-5-3-2-4-12(13)14(18)17-15/h2-9H,1H3,(H,16,17,18). The minimum absolute atomic E-state index is 0.103. The molecule has 106 valence electrons. The molecule has 0 spiro atoms. The number of para-hydroxylation sites is 1. The molecule has 21 heavy (non-hydrogen) atoms. The van der Waals surface area contributed by atoms with Crippen LogP contribution in [0.3, 0.4) is 0 Å². The molecule has 0 aliphatic heterocycles. The van der Waals surface area contributed by atoms with Gasteiger partial charge in [0.1, 0.15) is 0 Å². The van der Waals surface area contributed by atoms with Crippen LogP contribution < -0.4 is 5.56 Å². The Morgan fingerprint density at radius 2 is 1.67 bits per heavy atom. The van der Waals surface area contributed by atoms with Crippen molar-refractivity contribution in [3.63, 3.8) is 0 Å². The van der Waals surface area contributed by atoms with Crippen molar-refractivity contribution in [2.75, 3.05) is 0 Å². The summed E-state index contributed by atoms with van der Waals surface area (Å²) in [6.45, 7) is 1.87. The smallest absolute Gasteiger partial charge is 0.259 e. The lowest BCUT2D eigenvalue weighted by molar-refractivity contribution is 0.587. The number of hydrogen-bond acceptors (Lipinski definition) is 4. The number of H-pyrrole nitrogens is 1. The van der Waals surface area contributed by atoms with Crippen LogP contribution in [-0.2, 0) is 9.84 Å². The van der Waals surface area contributed by atoms with Gasteiger partial charge in [0.15, 0.2) is 0 Å². The van der Waals surface area contributed by atoms with Gasteiger partial charge in [-0.3, -0.25) is 9.78 Å². The molecule has 0 amide bonds. The second-order valence-electron chi connectivity index (χ2n) is 4.70. The van der Waals surface area contributed by atoms with Crippen LogP contribution in [0.1, 0.15) is 5.56 Å². The Labute approximate surface area is 121 Å². The number of aryl methyl sites for hydroxylation is 1. The maximum absolute atomic E-state index is 12.5. The van der Waals surface area contributed by atoms with Gasteiger partial charge in [-0.25, -0.2) is 13.4 Å². The van der Waals surface area contributed by atoms with Crippen molar-refractivity contribution in [2.45, 2.75) is 17.0 Å². The molecule has 0 unspecified atom stereocenters. The number of aromatic nitrogens is 2. The maximum Gasteiger partial charge on any atom is 0.259 e. The van der Waals surface area contributed by atoms with Crippen LogP contribution in [-0.4, -0.2) is 18.4 Å². The molecule has 0 atom stereocenters. The van der Waals surface area contributed by atoms with Crippen molar-refractivity contribution in [3.8, 4) is 0 Å². The van der Waals surface area contributed by atoms with Gasteiger partial charge in [0.25, 0.3) is 5.56 Å². The van der Waals surface area contributed by atoms with E-state index in [-0.39, 0.29) is 10.1 Å². The highest BCUT2D eigenvalue weighted by Crippen LogP contribution is 2.18. The molecule has 1 aromatic heterocycles. The van der Waals surface area contributed by atoms with E-state index in [9.17, 15) is 13.2 Å². The number of fused-ring (bicyclic) bond motifs is 1. The summed E-state index contributed by atoms with van der Waals surface area (Å²) in [5.74, 6) is 0. The zero-order valence-corrected chi connectivity index (χ0v) is 12.0. The Kier molecular flexibility index (Phi) is 3.10. The van der Waals surface area contributed by atoms with E-state index in [2.05, 4.69) is 9.97 Å². The van der Waals surface area contributed by atoms with Gasteiger partial charge in [-0.1, -0.05) is 29.8 Å². The maximum atomic E-state index is 12.5. The fraction of sp³-hybridized carbons (Fsp3) is 0.0667. The first-order valence-corrected chi connectivity index (χ1v) is 7.77. The first-order valence-electron chi connectivity index (χ1n) is 6.29. The van der Waals surface area contributed by atoms with E-state index in [1.807, 2.05) is 6.92 Å². The van der Waals surface area contributed by atoms with Gasteiger partial charge >= 0.3 is 0 Å². The van der Waals surface area contributed by atoms with Crippen molar-refractivity contribution in [3.05, 3.63) is 64.4 Å². The zero-order chi connectivity index (χ0) is 15.0. The number of nitrogens with one attached hydrogen (secondary N) is 1. The average molecular weight is 300 g/mol. The Balaban J connectivity index is 2.24. The molecule has 1 heterocycles. The lowest BCUT2D eigenvalue weighted by atomic mass is 10.2. The summed E-state index contributed by atoms with van der Waals surface area (Å²) in [6.07, 6.45) is 0. The highest BCUT2D eigenvalue weighted by atomic mass is 32.2. The van der Waals surface area contributed by atoms with Crippen LogP contribution in [0.25, 0.3) is 10.9 Å². The Morgan fingerprint density at radius 1 is 1.00 bits per heavy atom. The predicted molar refractivity (Wildman–Crippen MR) is 79.0 cm³/mol. The first kappa shape index (κ1) is 13.5. The average Bonchev–Trinajstić information content (AvgIpc) is 2.47. The number of hydrogen-bond donors (Lipinski definition) is 1. The van der Waals surface area contributed by atoms with Gasteiger partial charge in [-0.15, -0.1) is 0 Å². The fourth-order valence-electron chi connectivity index (χ4n) is 2.02. The molecule has 0 aliphatic carbocycles. The van der Waals surface area contributed by atoms with E-state index >= 15 is 0 Å². The lowest BCUT2D eigenvalue weighted by Gasteiger charge is -2.05. The van der Waals surface area contributed by atoms with Gasteiger partial charge in [-0.05, 0) is 31.2 Å². The van der Waals surface area contributed by atoms with E-state index in [1.165, 1.54) is 12.1 Å². The highest BCUT2D eigenvalue weighted by Gasteiger charge is 2.21. The summed E-state index contributed by atoms with van der Waals surface area (Å²) in [5.41, 5.74) is 0.840. The van der Waals surface area contributed by atoms with Gasteiger partial charge in [0, 0.05) is 0 Å². The summed E-state index contributed by atoms with van der Waals surface area (Å²) in [6, 6.07) is 13.0. The Bertz CT molecular complexity index is 974. The van der Waals surface area contributed by atoms with E-state index in [0.29, 0.717) is 10.9 Å². The molecular weight excluding hydrogens is 288 g/mol. The van der Waals surface area contributed by atoms with Crippen LogP contribution in [0.4, 0.5) is 0 Å². The van der Waals surface area contributed by atoms with Gasteiger partial charge in [0.2, 0.25) is 15.0 Å². The van der Waals surface area contributed by atoms with E-state index in [1.54, 1.807) is 36.4 Å². The third-order valence-electron chi connectivity index (χ3n) is 3.18. The molecule has 2 aromatic carbocycles. The molecule has 1 N–H and O–H groups in total. The van der Waals surface area contributed by atoms with Crippen LogP contribution in [0, 0.1) is 6.92 Å². The van der Waals surface area contributed by atoms with Crippen molar-refractivity contribution >= 4 is 20.7 Å². The molecule has 6 heteroatoms. The molecule has 3 rings (SSSR count). The number of nitrogens with zero attached hydrogens (tertiary/aromatic N) is 1. The largest absolute Gasteiger partial charge is 0.296 e. The molecular formula is C15H12N2O3S. The third kappa shape index (κ3) is 2.34. The molecule has 0 aliphatic rings. The first-order chi connectivity index (χ1) is 9.98. The number of benzene rings is 2. The topological polar surface area (TPSA) is 79.9 Å².